The number of rotatable bonds is 4. The molecule has 5 heteroatoms. The summed E-state index contributed by atoms with van der Waals surface area (Å²) in [6.07, 6.45) is 3.13. The van der Waals surface area contributed by atoms with Crippen LogP contribution in [0.3, 0.4) is 0 Å². The molecule has 2 heterocycles. The van der Waals surface area contributed by atoms with Crippen LogP contribution in [0.1, 0.15) is 29.1 Å². The lowest BCUT2D eigenvalue weighted by molar-refractivity contribution is 0.0970. The molecule has 0 aliphatic rings. The molecule has 0 N–H and O–H groups in total. The van der Waals surface area contributed by atoms with E-state index < -0.39 is 17.8 Å². The van der Waals surface area contributed by atoms with E-state index in [9.17, 15) is 9.18 Å². The molecule has 116 valence electrons. The zero-order valence-corrected chi connectivity index (χ0v) is 12.5. The number of aromatic nitrogens is 1. The van der Waals surface area contributed by atoms with E-state index in [2.05, 4.69) is 4.98 Å². The van der Waals surface area contributed by atoms with Gasteiger partial charge in [-0.1, -0.05) is 18.2 Å². The second kappa shape index (κ2) is 6.44. The van der Waals surface area contributed by atoms with Crippen LogP contribution < -0.4 is 4.90 Å². The lowest BCUT2D eigenvalue weighted by Crippen LogP contribution is -2.34. The van der Waals surface area contributed by atoms with Gasteiger partial charge in [-0.15, -0.1) is 0 Å². The van der Waals surface area contributed by atoms with Gasteiger partial charge in [0.25, 0.3) is 5.91 Å². The number of carbonyl (C=O) groups excluding carboxylic acids is 1. The van der Waals surface area contributed by atoms with Crippen LogP contribution >= 0.6 is 0 Å². The summed E-state index contributed by atoms with van der Waals surface area (Å²) in [7, 11) is 0. The summed E-state index contributed by atoms with van der Waals surface area (Å²) in [5.74, 6) is 0.000714. The number of pyridine rings is 1. The number of halogens is 1. The van der Waals surface area contributed by atoms with Gasteiger partial charge in [-0.3, -0.25) is 9.69 Å². The van der Waals surface area contributed by atoms with E-state index in [-0.39, 0.29) is 5.56 Å². The first-order valence-corrected chi connectivity index (χ1v) is 7.21. The standard InChI is InChI=1S/C18H15FN2O2/c1-13(16-9-6-12-23-16)21(17-10-4-5-11-20-17)18(22)14-7-2-3-8-15(14)19/h2-13H,1H3/t13-/m1/s1. The van der Waals surface area contributed by atoms with Crippen molar-refractivity contribution >= 4 is 11.7 Å². The van der Waals surface area contributed by atoms with Gasteiger partial charge in [0.05, 0.1) is 17.9 Å². The molecule has 0 fully saturated rings. The molecule has 0 unspecified atom stereocenters. The third kappa shape index (κ3) is 2.99. The lowest BCUT2D eigenvalue weighted by atomic mass is 10.1. The zero-order valence-electron chi connectivity index (χ0n) is 12.5. The highest BCUT2D eigenvalue weighted by Crippen LogP contribution is 2.28. The molecule has 2 aromatic heterocycles. The van der Waals surface area contributed by atoms with Gasteiger partial charge in [0.2, 0.25) is 0 Å². The van der Waals surface area contributed by atoms with Gasteiger partial charge in [0.1, 0.15) is 17.4 Å². The summed E-state index contributed by atoms with van der Waals surface area (Å²) in [6, 6.07) is 14.2. The number of anilines is 1. The van der Waals surface area contributed by atoms with Gasteiger partial charge in [-0.25, -0.2) is 9.37 Å². The van der Waals surface area contributed by atoms with Crippen LogP contribution in [0.4, 0.5) is 10.2 Å². The molecule has 0 bridgehead atoms. The normalized spacial score (nSPS) is 11.9. The summed E-state index contributed by atoms with van der Waals surface area (Å²) >= 11 is 0. The van der Waals surface area contributed by atoms with E-state index in [1.54, 1.807) is 48.7 Å². The fourth-order valence-electron chi connectivity index (χ4n) is 2.40. The number of hydrogen-bond acceptors (Lipinski definition) is 3. The minimum absolute atomic E-state index is 0.00319. The van der Waals surface area contributed by atoms with Gasteiger partial charge in [-0.05, 0) is 43.3 Å². The number of benzene rings is 1. The molecule has 1 atom stereocenters. The molecule has 0 saturated heterocycles. The molecule has 3 aromatic rings. The average molecular weight is 310 g/mol. The van der Waals surface area contributed by atoms with Gasteiger partial charge in [0, 0.05) is 6.20 Å². The predicted molar refractivity (Wildman–Crippen MR) is 84.6 cm³/mol. The van der Waals surface area contributed by atoms with Gasteiger partial charge in [0.15, 0.2) is 0 Å². The molecule has 1 aromatic carbocycles. The Morgan fingerprint density at radius 1 is 1.13 bits per heavy atom. The first-order valence-electron chi connectivity index (χ1n) is 7.21. The Balaban J connectivity index is 2.05. The Hall–Kier alpha value is -2.95. The van der Waals surface area contributed by atoms with Gasteiger partial charge in [-0.2, -0.15) is 0 Å². The number of nitrogens with zero attached hydrogens (tertiary/aromatic N) is 2. The molecule has 1 amide bonds. The highest BCUT2D eigenvalue weighted by molar-refractivity contribution is 6.06. The second-order valence-electron chi connectivity index (χ2n) is 5.03. The molecule has 0 spiro atoms. The molecule has 23 heavy (non-hydrogen) atoms. The third-order valence-corrected chi connectivity index (χ3v) is 3.56. The van der Waals surface area contributed by atoms with Crippen molar-refractivity contribution in [2.24, 2.45) is 0 Å². The topological polar surface area (TPSA) is 46.3 Å². The van der Waals surface area contributed by atoms with E-state index in [0.717, 1.165) is 0 Å². The molecule has 0 aliphatic carbocycles. The fourth-order valence-corrected chi connectivity index (χ4v) is 2.40. The van der Waals surface area contributed by atoms with Crippen LogP contribution in [0.5, 0.6) is 0 Å². The molecule has 3 rings (SSSR count). The van der Waals surface area contributed by atoms with Crippen molar-refractivity contribution in [2.45, 2.75) is 13.0 Å². The highest BCUT2D eigenvalue weighted by atomic mass is 19.1. The molecule has 0 aliphatic heterocycles. The smallest absolute Gasteiger partial charge is 0.263 e. The summed E-state index contributed by atoms with van der Waals surface area (Å²) in [6.45, 7) is 1.81. The Bertz CT molecular complexity index is 788. The minimum Gasteiger partial charge on any atom is -0.467 e. The first-order chi connectivity index (χ1) is 11.2. The molecule has 0 saturated carbocycles. The summed E-state index contributed by atoms with van der Waals surface area (Å²) in [4.78, 5) is 18.6. The maximum Gasteiger partial charge on any atom is 0.263 e. The van der Waals surface area contributed by atoms with Gasteiger partial charge >= 0.3 is 0 Å². The molecular weight excluding hydrogens is 295 g/mol. The van der Waals surface area contributed by atoms with E-state index >= 15 is 0 Å². The number of hydrogen-bond donors (Lipinski definition) is 0. The molecular formula is C18H15FN2O2. The highest BCUT2D eigenvalue weighted by Gasteiger charge is 2.28. The van der Waals surface area contributed by atoms with E-state index in [4.69, 9.17) is 4.42 Å². The number of carbonyl (C=O) groups is 1. The van der Waals surface area contributed by atoms with Crippen LogP contribution in [0, 0.1) is 5.82 Å². The van der Waals surface area contributed by atoms with Crippen molar-refractivity contribution in [3.05, 3.63) is 84.2 Å². The Kier molecular flexibility index (Phi) is 4.19. The van der Waals surface area contributed by atoms with Crippen LogP contribution in [0.2, 0.25) is 0 Å². The average Bonchev–Trinajstić information content (AvgIpc) is 3.11. The molecule has 0 radical (unpaired) electrons. The van der Waals surface area contributed by atoms with E-state index in [0.29, 0.717) is 11.6 Å². The van der Waals surface area contributed by atoms with Crippen LogP contribution in [-0.2, 0) is 0 Å². The minimum atomic E-state index is -0.565. The molecule has 4 nitrogen and oxygen atoms in total. The first kappa shape index (κ1) is 15.0. The van der Waals surface area contributed by atoms with Crippen LogP contribution in [-0.4, -0.2) is 10.9 Å². The maximum absolute atomic E-state index is 14.0. The van der Waals surface area contributed by atoms with E-state index in [1.165, 1.54) is 23.3 Å². The lowest BCUT2D eigenvalue weighted by Gasteiger charge is -2.27. The second-order valence-corrected chi connectivity index (χ2v) is 5.03. The van der Waals surface area contributed by atoms with Crippen molar-refractivity contribution in [3.63, 3.8) is 0 Å². The Labute approximate surface area is 133 Å². The quantitative estimate of drug-likeness (QED) is 0.724. The predicted octanol–water partition coefficient (Wildman–Crippen LogP) is 4.22. The van der Waals surface area contributed by atoms with E-state index in [1.807, 2.05) is 6.92 Å². The largest absolute Gasteiger partial charge is 0.467 e. The van der Waals surface area contributed by atoms with Crippen molar-refractivity contribution in [1.82, 2.24) is 4.98 Å². The zero-order chi connectivity index (χ0) is 16.2. The summed E-state index contributed by atoms with van der Waals surface area (Å²) in [5, 5.41) is 0. The van der Waals surface area contributed by atoms with Crippen LogP contribution in [0.15, 0.2) is 71.5 Å². The SMILES string of the molecule is C[C@H](c1ccco1)N(C(=O)c1ccccc1F)c1ccccn1. The van der Waals surface area contributed by atoms with Crippen LogP contribution in [0.25, 0.3) is 0 Å². The van der Waals surface area contributed by atoms with Gasteiger partial charge < -0.3 is 4.42 Å². The Morgan fingerprint density at radius 3 is 2.57 bits per heavy atom. The van der Waals surface area contributed by atoms with Crippen molar-refractivity contribution in [2.75, 3.05) is 4.90 Å². The summed E-state index contributed by atoms with van der Waals surface area (Å²) < 4.78 is 19.4. The van der Waals surface area contributed by atoms with Crippen molar-refractivity contribution in [1.29, 1.82) is 0 Å². The number of amides is 1. The fraction of sp³-hybridized carbons (Fsp3) is 0.111. The third-order valence-electron chi connectivity index (χ3n) is 3.56. The maximum atomic E-state index is 14.0. The number of furan rings is 1. The van der Waals surface area contributed by atoms with Crippen molar-refractivity contribution in [3.8, 4) is 0 Å². The monoisotopic (exact) mass is 310 g/mol. The summed E-state index contributed by atoms with van der Waals surface area (Å²) in [5.41, 5.74) is -0.00319. The van der Waals surface area contributed by atoms with Crippen molar-refractivity contribution < 1.29 is 13.6 Å². The Morgan fingerprint density at radius 2 is 1.91 bits per heavy atom.